The van der Waals surface area contributed by atoms with Crippen LogP contribution in [0.5, 0.6) is 0 Å². The largest absolute Gasteiger partial charge is 0.464 e. The maximum atomic E-state index is 11.6. The first kappa shape index (κ1) is 14.4. The van der Waals surface area contributed by atoms with E-state index in [1.54, 1.807) is 33.5 Å². The van der Waals surface area contributed by atoms with Crippen LogP contribution in [0, 0.1) is 0 Å². The zero-order valence-electron chi connectivity index (χ0n) is 11.9. The van der Waals surface area contributed by atoms with Crippen LogP contribution >= 0.6 is 11.3 Å². The van der Waals surface area contributed by atoms with E-state index in [1.165, 1.54) is 13.3 Å². The average Bonchev–Trinajstić information content (AvgIpc) is 3.19. The number of anilines is 1. The molecule has 0 saturated heterocycles. The van der Waals surface area contributed by atoms with E-state index in [9.17, 15) is 4.79 Å². The molecule has 22 heavy (non-hydrogen) atoms. The third-order valence-electron chi connectivity index (χ3n) is 3.05. The zero-order chi connectivity index (χ0) is 15.4. The number of nitrogens with zero attached hydrogens (tertiary/aromatic N) is 5. The summed E-state index contributed by atoms with van der Waals surface area (Å²) in [6.07, 6.45) is 5.02. The summed E-state index contributed by atoms with van der Waals surface area (Å²) in [5.41, 5.74) is 2.09. The Hall–Kier alpha value is -2.55. The van der Waals surface area contributed by atoms with Crippen molar-refractivity contribution in [3.63, 3.8) is 0 Å². The molecule has 3 heterocycles. The number of esters is 1. The topological polar surface area (TPSA) is 94.3 Å². The molecular formula is C13H14N6O2S. The normalized spacial score (nSPS) is 10.8. The third-order valence-corrected chi connectivity index (χ3v) is 3.81. The molecule has 0 saturated carbocycles. The Labute approximate surface area is 130 Å². The molecule has 0 bridgehead atoms. The number of hydrogen-bond acceptors (Lipinski definition) is 8. The molecule has 0 atom stereocenters. The van der Waals surface area contributed by atoms with E-state index >= 15 is 0 Å². The standard InChI is InChI=1S/C13H14N6O2S/c1-21-12(20)9-7-15-13-17-10(4-6-19(9)13)14-5-2-3-11-18-16-8-22-11/h4,6-8H,2-3,5H2,1H3,(H,14,15,17). The minimum atomic E-state index is -0.438. The second-order valence-corrected chi connectivity index (χ2v) is 5.40. The second-order valence-electron chi connectivity index (χ2n) is 4.48. The van der Waals surface area contributed by atoms with Gasteiger partial charge >= 0.3 is 5.97 Å². The summed E-state index contributed by atoms with van der Waals surface area (Å²) in [5.74, 6) is 0.730. The highest BCUT2D eigenvalue weighted by atomic mass is 32.1. The number of hydrogen-bond donors (Lipinski definition) is 1. The van der Waals surface area contributed by atoms with Crippen molar-refractivity contribution in [1.82, 2.24) is 24.6 Å². The first-order valence-corrected chi connectivity index (χ1v) is 7.57. The van der Waals surface area contributed by atoms with Crippen LogP contribution < -0.4 is 5.32 Å². The van der Waals surface area contributed by atoms with Gasteiger partial charge in [-0.15, -0.1) is 21.5 Å². The van der Waals surface area contributed by atoms with E-state index in [1.807, 2.05) is 0 Å². The van der Waals surface area contributed by atoms with Crippen molar-refractivity contribution in [1.29, 1.82) is 0 Å². The van der Waals surface area contributed by atoms with Gasteiger partial charge in [-0.2, -0.15) is 4.98 Å². The van der Waals surface area contributed by atoms with Gasteiger partial charge in [0.1, 0.15) is 16.3 Å². The number of methoxy groups -OCH3 is 1. The lowest BCUT2D eigenvalue weighted by molar-refractivity contribution is 0.0593. The van der Waals surface area contributed by atoms with Gasteiger partial charge in [0, 0.05) is 19.2 Å². The fourth-order valence-electron chi connectivity index (χ4n) is 1.99. The maximum Gasteiger partial charge on any atom is 0.356 e. The van der Waals surface area contributed by atoms with E-state index in [4.69, 9.17) is 4.74 Å². The summed E-state index contributed by atoms with van der Waals surface area (Å²) in [4.78, 5) is 20.0. The molecule has 1 N–H and O–H groups in total. The quantitative estimate of drug-likeness (QED) is 0.542. The van der Waals surface area contributed by atoms with E-state index < -0.39 is 5.97 Å². The summed E-state index contributed by atoms with van der Waals surface area (Å²) < 4.78 is 6.29. The maximum absolute atomic E-state index is 11.6. The number of aryl methyl sites for hydroxylation is 1. The summed E-state index contributed by atoms with van der Waals surface area (Å²) >= 11 is 1.56. The first-order valence-electron chi connectivity index (χ1n) is 6.69. The molecule has 0 spiro atoms. The Bertz CT molecular complexity index is 770. The molecule has 9 heteroatoms. The monoisotopic (exact) mass is 318 g/mol. The summed E-state index contributed by atoms with van der Waals surface area (Å²) in [5, 5.41) is 12.1. The van der Waals surface area contributed by atoms with Crippen LogP contribution in [0.1, 0.15) is 21.9 Å². The predicted molar refractivity (Wildman–Crippen MR) is 81.0 cm³/mol. The summed E-state index contributed by atoms with van der Waals surface area (Å²) in [6, 6.07) is 1.80. The molecule has 114 valence electrons. The number of fused-ring (bicyclic) bond motifs is 1. The van der Waals surface area contributed by atoms with Crippen LogP contribution in [0.4, 0.5) is 5.82 Å². The number of aromatic nitrogens is 5. The van der Waals surface area contributed by atoms with Gasteiger partial charge in [0.15, 0.2) is 5.69 Å². The number of nitrogens with one attached hydrogen (secondary N) is 1. The molecule has 0 aliphatic carbocycles. The van der Waals surface area contributed by atoms with Crippen molar-refractivity contribution < 1.29 is 9.53 Å². The van der Waals surface area contributed by atoms with E-state index in [0.717, 1.165) is 24.4 Å². The van der Waals surface area contributed by atoms with Crippen molar-refractivity contribution >= 4 is 28.9 Å². The van der Waals surface area contributed by atoms with Gasteiger partial charge in [0.25, 0.3) is 0 Å². The molecule has 0 fully saturated rings. The van der Waals surface area contributed by atoms with Crippen LogP contribution in [0.2, 0.25) is 0 Å². The van der Waals surface area contributed by atoms with Crippen LogP contribution in [-0.2, 0) is 11.2 Å². The molecule has 3 aromatic heterocycles. The minimum Gasteiger partial charge on any atom is -0.464 e. The Morgan fingerprint density at radius 3 is 3.18 bits per heavy atom. The smallest absolute Gasteiger partial charge is 0.356 e. The molecular weight excluding hydrogens is 304 g/mol. The number of carbonyl (C=O) groups is 1. The van der Waals surface area contributed by atoms with Gasteiger partial charge < -0.3 is 10.1 Å². The minimum absolute atomic E-state index is 0.354. The van der Waals surface area contributed by atoms with Crippen molar-refractivity contribution in [3.05, 3.63) is 34.7 Å². The fourth-order valence-corrected chi connectivity index (χ4v) is 2.56. The molecule has 3 aromatic rings. The lowest BCUT2D eigenvalue weighted by Crippen LogP contribution is -2.08. The zero-order valence-corrected chi connectivity index (χ0v) is 12.7. The fraction of sp³-hybridized carbons (Fsp3) is 0.308. The Morgan fingerprint density at radius 1 is 1.50 bits per heavy atom. The lowest BCUT2D eigenvalue weighted by atomic mass is 10.3. The molecule has 0 unspecified atom stereocenters. The van der Waals surface area contributed by atoms with E-state index in [-0.39, 0.29) is 0 Å². The number of ether oxygens (including phenoxy) is 1. The van der Waals surface area contributed by atoms with Crippen molar-refractivity contribution in [2.75, 3.05) is 19.0 Å². The summed E-state index contributed by atoms with van der Waals surface area (Å²) in [7, 11) is 1.34. The van der Waals surface area contributed by atoms with Gasteiger partial charge in [-0.05, 0) is 12.5 Å². The molecule has 0 aliphatic rings. The number of rotatable bonds is 6. The van der Waals surface area contributed by atoms with Gasteiger partial charge in [0.2, 0.25) is 5.78 Å². The van der Waals surface area contributed by atoms with Crippen molar-refractivity contribution in [2.45, 2.75) is 12.8 Å². The van der Waals surface area contributed by atoms with Gasteiger partial charge in [-0.3, -0.25) is 4.40 Å². The Kier molecular flexibility index (Phi) is 4.24. The summed E-state index contributed by atoms with van der Waals surface area (Å²) in [6.45, 7) is 0.771. The SMILES string of the molecule is COC(=O)c1cnc2nc(NCCCc3nncs3)ccn12. The molecule has 0 aliphatic heterocycles. The van der Waals surface area contributed by atoms with Crippen LogP contribution in [-0.4, -0.2) is 44.2 Å². The lowest BCUT2D eigenvalue weighted by Gasteiger charge is -2.05. The number of imidazole rings is 1. The van der Waals surface area contributed by atoms with Crippen molar-refractivity contribution in [2.24, 2.45) is 0 Å². The van der Waals surface area contributed by atoms with Crippen molar-refractivity contribution in [3.8, 4) is 0 Å². The highest BCUT2D eigenvalue weighted by Crippen LogP contribution is 2.10. The van der Waals surface area contributed by atoms with Crippen LogP contribution in [0.25, 0.3) is 5.78 Å². The molecule has 0 radical (unpaired) electrons. The van der Waals surface area contributed by atoms with Gasteiger partial charge in [-0.25, -0.2) is 9.78 Å². The molecule has 8 nitrogen and oxygen atoms in total. The predicted octanol–water partition coefficient (Wildman–Crippen LogP) is 1.41. The first-order chi connectivity index (χ1) is 10.8. The van der Waals surface area contributed by atoms with Crippen LogP contribution in [0.15, 0.2) is 24.0 Å². The highest BCUT2D eigenvalue weighted by molar-refractivity contribution is 7.09. The third kappa shape index (κ3) is 3.03. The highest BCUT2D eigenvalue weighted by Gasteiger charge is 2.12. The Balaban J connectivity index is 1.61. The van der Waals surface area contributed by atoms with Gasteiger partial charge in [-0.1, -0.05) is 0 Å². The van der Waals surface area contributed by atoms with Crippen LogP contribution in [0.3, 0.4) is 0 Å². The van der Waals surface area contributed by atoms with E-state index in [0.29, 0.717) is 17.3 Å². The average molecular weight is 318 g/mol. The molecule has 0 aromatic carbocycles. The molecule has 3 rings (SSSR count). The van der Waals surface area contributed by atoms with Gasteiger partial charge in [0.05, 0.1) is 13.3 Å². The van der Waals surface area contributed by atoms with E-state index in [2.05, 4.69) is 25.5 Å². The second kappa shape index (κ2) is 6.48. The number of carbonyl (C=O) groups excluding carboxylic acids is 1. The molecule has 0 amide bonds. The Morgan fingerprint density at radius 2 is 2.41 bits per heavy atom.